The van der Waals surface area contributed by atoms with Gasteiger partial charge in [-0.2, -0.15) is 0 Å². The van der Waals surface area contributed by atoms with E-state index >= 15 is 0 Å². The van der Waals surface area contributed by atoms with E-state index in [-0.39, 0.29) is 17.3 Å². The summed E-state index contributed by atoms with van der Waals surface area (Å²) in [5, 5.41) is 19.5. The molecule has 0 aliphatic rings. The van der Waals surface area contributed by atoms with Gasteiger partial charge in [-0.25, -0.2) is 4.39 Å². The molecule has 1 atom stereocenters. The zero-order valence-corrected chi connectivity index (χ0v) is 17.4. The van der Waals surface area contributed by atoms with E-state index in [0.29, 0.717) is 26.9 Å². The number of hydrogen-bond donors (Lipinski definition) is 0. The second-order valence-electron chi connectivity index (χ2n) is 5.86. The van der Waals surface area contributed by atoms with Crippen LogP contribution in [0.25, 0.3) is 5.69 Å². The van der Waals surface area contributed by atoms with Gasteiger partial charge in [-0.3, -0.25) is 14.7 Å². The highest BCUT2D eigenvalue weighted by molar-refractivity contribution is 9.10. The van der Waals surface area contributed by atoms with Crippen LogP contribution in [0.2, 0.25) is 0 Å². The summed E-state index contributed by atoms with van der Waals surface area (Å²) in [4.78, 5) is 10.9. The molecule has 0 saturated heterocycles. The highest BCUT2D eigenvalue weighted by Crippen LogP contribution is 2.38. The van der Waals surface area contributed by atoms with Crippen LogP contribution in [-0.2, 0) is 0 Å². The first kappa shape index (κ1) is 20.3. The molecule has 0 aliphatic heterocycles. The molecule has 1 heterocycles. The third-order valence-electron chi connectivity index (χ3n) is 3.99. The first-order chi connectivity index (χ1) is 13.4. The number of aromatic nitrogens is 3. The SMILES string of the molecule is COc1ccc([C@H](C[N+](=O)[O-])Sc2nnc(C)n2-c2ccc(F)cc2)cc1Br. The monoisotopic (exact) mass is 466 g/mol. The van der Waals surface area contributed by atoms with Crippen molar-refractivity contribution in [2.45, 2.75) is 17.3 Å². The normalized spacial score (nSPS) is 12.0. The molecule has 0 radical (unpaired) electrons. The van der Waals surface area contributed by atoms with Gasteiger partial charge in [-0.15, -0.1) is 10.2 Å². The van der Waals surface area contributed by atoms with Crippen molar-refractivity contribution >= 4 is 27.7 Å². The van der Waals surface area contributed by atoms with E-state index in [0.717, 1.165) is 5.56 Å². The van der Waals surface area contributed by atoms with E-state index in [9.17, 15) is 14.5 Å². The van der Waals surface area contributed by atoms with Crippen molar-refractivity contribution in [1.29, 1.82) is 0 Å². The van der Waals surface area contributed by atoms with E-state index < -0.39 is 5.25 Å². The Kier molecular flexibility index (Phi) is 6.30. The van der Waals surface area contributed by atoms with Crippen molar-refractivity contribution in [3.05, 3.63) is 74.3 Å². The molecule has 0 aliphatic carbocycles. The van der Waals surface area contributed by atoms with Crippen LogP contribution in [-0.4, -0.2) is 33.3 Å². The van der Waals surface area contributed by atoms with Crippen LogP contribution in [0.1, 0.15) is 16.6 Å². The minimum atomic E-state index is -0.500. The van der Waals surface area contributed by atoms with Crippen molar-refractivity contribution in [2.75, 3.05) is 13.7 Å². The molecule has 0 fully saturated rings. The van der Waals surface area contributed by atoms with Crippen LogP contribution in [0.3, 0.4) is 0 Å². The van der Waals surface area contributed by atoms with Crippen LogP contribution in [0.15, 0.2) is 52.1 Å². The average molecular weight is 467 g/mol. The fourth-order valence-corrected chi connectivity index (χ4v) is 4.39. The number of nitro groups is 1. The van der Waals surface area contributed by atoms with Crippen LogP contribution < -0.4 is 4.74 Å². The molecule has 7 nitrogen and oxygen atoms in total. The lowest BCUT2D eigenvalue weighted by Crippen LogP contribution is -2.11. The van der Waals surface area contributed by atoms with Gasteiger partial charge in [-0.05, 0) is 64.8 Å². The zero-order chi connectivity index (χ0) is 20.3. The number of aryl methyl sites for hydroxylation is 1. The molecule has 28 heavy (non-hydrogen) atoms. The van der Waals surface area contributed by atoms with Gasteiger partial charge in [-0.1, -0.05) is 17.8 Å². The zero-order valence-electron chi connectivity index (χ0n) is 15.0. The summed E-state index contributed by atoms with van der Waals surface area (Å²) in [6, 6.07) is 11.3. The number of thioether (sulfide) groups is 1. The van der Waals surface area contributed by atoms with Gasteiger partial charge in [0.25, 0.3) is 0 Å². The summed E-state index contributed by atoms with van der Waals surface area (Å²) >= 11 is 4.65. The molecular weight excluding hydrogens is 451 g/mol. The molecule has 2 aromatic carbocycles. The number of rotatable bonds is 7. The molecule has 0 N–H and O–H groups in total. The molecule has 0 amide bonds. The van der Waals surface area contributed by atoms with E-state index in [1.165, 1.54) is 23.9 Å². The number of hydrogen-bond acceptors (Lipinski definition) is 6. The minimum absolute atomic E-state index is 0.293. The molecule has 10 heteroatoms. The summed E-state index contributed by atoms with van der Waals surface area (Å²) in [5.74, 6) is 0.891. The molecule has 1 aromatic heterocycles. The fourth-order valence-electron chi connectivity index (χ4n) is 2.66. The molecular formula is C18H16BrFN4O3S. The topological polar surface area (TPSA) is 83.1 Å². The number of ether oxygens (including phenoxy) is 1. The Balaban J connectivity index is 1.97. The van der Waals surface area contributed by atoms with Gasteiger partial charge in [0.15, 0.2) is 5.16 Å². The quantitative estimate of drug-likeness (QED) is 0.287. The van der Waals surface area contributed by atoms with E-state index in [1.807, 2.05) is 0 Å². The van der Waals surface area contributed by atoms with Crippen LogP contribution in [0.4, 0.5) is 4.39 Å². The number of nitrogens with zero attached hydrogens (tertiary/aromatic N) is 4. The van der Waals surface area contributed by atoms with E-state index in [2.05, 4.69) is 26.1 Å². The summed E-state index contributed by atoms with van der Waals surface area (Å²) in [7, 11) is 1.55. The third-order valence-corrected chi connectivity index (χ3v) is 5.79. The largest absolute Gasteiger partial charge is 0.496 e. The van der Waals surface area contributed by atoms with Crippen molar-refractivity contribution in [3.8, 4) is 11.4 Å². The van der Waals surface area contributed by atoms with Gasteiger partial charge in [0.2, 0.25) is 6.54 Å². The number of halogens is 2. The summed E-state index contributed by atoms with van der Waals surface area (Å²) in [6.45, 7) is 1.48. The molecule has 0 bridgehead atoms. The maximum atomic E-state index is 13.3. The highest BCUT2D eigenvalue weighted by Gasteiger charge is 2.24. The second kappa shape index (κ2) is 8.70. The smallest absolute Gasteiger partial charge is 0.220 e. The molecule has 3 rings (SSSR count). The van der Waals surface area contributed by atoms with Crippen LogP contribution >= 0.6 is 27.7 Å². The lowest BCUT2D eigenvalue weighted by atomic mass is 10.1. The van der Waals surface area contributed by atoms with Gasteiger partial charge >= 0.3 is 0 Å². The van der Waals surface area contributed by atoms with Gasteiger partial charge in [0, 0.05) is 10.6 Å². The molecule has 0 saturated carbocycles. The van der Waals surface area contributed by atoms with Gasteiger partial charge in [0.05, 0.1) is 11.6 Å². The van der Waals surface area contributed by atoms with E-state index in [1.54, 1.807) is 48.9 Å². The molecule has 0 spiro atoms. The fraction of sp³-hybridized carbons (Fsp3) is 0.222. The summed E-state index contributed by atoms with van der Waals surface area (Å²) < 4.78 is 20.9. The Labute approximate surface area is 173 Å². The predicted molar refractivity (Wildman–Crippen MR) is 107 cm³/mol. The third kappa shape index (κ3) is 4.50. The average Bonchev–Trinajstić information content (AvgIpc) is 3.02. The Bertz CT molecular complexity index is 997. The Morgan fingerprint density at radius 1 is 1.29 bits per heavy atom. The maximum absolute atomic E-state index is 13.3. The Morgan fingerprint density at radius 2 is 2.00 bits per heavy atom. The highest BCUT2D eigenvalue weighted by atomic mass is 79.9. The Hall–Kier alpha value is -2.46. The van der Waals surface area contributed by atoms with Crippen molar-refractivity contribution in [3.63, 3.8) is 0 Å². The maximum Gasteiger partial charge on any atom is 0.220 e. The molecule has 0 unspecified atom stereocenters. The van der Waals surface area contributed by atoms with Gasteiger partial charge in [0.1, 0.15) is 22.6 Å². The van der Waals surface area contributed by atoms with Crippen LogP contribution in [0, 0.1) is 22.9 Å². The standard InChI is InChI=1S/C18H16BrFN4O3S/c1-11-21-22-18(24(11)14-6-4-13(20)5-7-14)28-17(10-23(25)26)12-3-8-16(27-2)15(19)9-12/h3-9,17H,10H2,1-2H3/t17-/m0/s1. The van der Waals surface area contributed by atoms with Crippen LogP contribution in [0.5, 0.6) is 5.75 Å². The summed E-state index contributed by atoms with van der Waals surface area (Å²) in [5.41, 5.74) is 1.43. The Morgan fingerprint density at radius 3 is 2.61 bits per heavy atom. The second-order valence-corrected chi connectivity index (χ2v) is 7.88. The van der Waals surface area contributed by atoms with Crippen molar-refractivity contribution < 1.29 is 14.1 Å². The molecule has 146 valence electrons. The van der Waals surface area contributed by atoms with E-state index in [4.69, 9.17) is 4.74 Å². The first-order valence-corrected chi connectivity index (χ1v) is 9.86. The summed E-state index contributed by atoms with van der Waals surface area (Å²) in [6.07, 6.45) is 0. The lowest BCUT2D eigenvalue weighted by Gasteiger charge is -2.15. The van der Waals surface area contributed by atoms with Gasteiger partial charge < -0.3 is 4.74 Å². The number of methoxy groups -OCH3 is 1. The van der Waals surface area contributed by atoms with Crippen molar-refractivity contribution in [2.24, 2.45) is 0 Å². The predicted octanol–water partition coefficient (Wildman–Crippen LogP) is 4.60. The van der Waals surface area contributed by atoms with Crippen molar-refractivity contribution in [1.82, 2.24) is 14.8 Å². The number of benzene rings is 2. The molecule has 3 aromatic rings. The minimum Gasteiger partial charge on any atom is -0.496 e. The first-order valence-electron chi connectivity index (χ1n) is 8.19. The lowest BCUT2D eigenvalue weighted by molar-refractivity contribution is -0.479.